The Bertz CT molecular complexity index is 1570. The molecule has 5 rings (SSSR count). The first-order chi connectivity index (χ1) is 17.0. The first-order valence-corrected chi connectivity index (χ1v) is 11.5. The largest absolute Gasteiger partial charge is 0.478 e. The van der Waals surface area contributed by atoms with E-state index in [1.807, 2.05) is 53.1 Å². The van der Waals surface area contributed by atoms with Crippen LogP contribution in [0.25, 0.3) is 27.9 Å². The van der Waals surface area contributed by atoms with Crippen LogP contribution in [0.2, 0.25) is 0 Å². The number of carboxylic acid groups (broad SMARTS) is 2. The number of pyridine rings is 1. The number of carboxylic acids is 2. The Labute approximate surface area is 201 Å². The predicted octanol–water partition coefficient (Wildman–Crippen LogP) is 5.14. The molecule has 5 aromatic rings. The molecule has 0 saturated carbocycles. The molecule has 0 radical (unpaired) electrons. The molecule has 8 nitrogen and oxygen atoms in total. The van der Waals surface area contributed by atoms with E-state index in [4.69, 9.17) is 4.98 Å². The van der Waals surface area contributed by atoms with E-state index in [1.54, 1.807) is 22.7 Å². The van der Waals surface area contributed by atoms with Gasteiger partial charge in [-0.2, -0.15) is 0 Å². The van der Waals surface area contributed by atoms with E-state index in [2.05, 4.69) is 11.9 Å². The van der Waals surface area contributed by atoms with Crippen molar-refractivity contribution in [1.82, 2.24) is 18.9 Å². The molecule has 2 aromatic carbocycles. The Morgan fingerprint density at radius 3 is 2.46 bits per heavy atom. The molecule has 8 heteroatoms. The first-order valence-electron chi connectivity index (χ1n) is 11.5. The molecule has 0 aliphatic rings. The molecule has 0 spiro atoms. The minimum atomic E-state index is -1.06. The monoisotopic (exact) mass is 468 g/mol. The van der Waals surface area contributed by atoms with Gasteiger partial charge >= 0.3 is 11.9 Å². The lowest BCUT2D eigenvalue weighted by molar-refractivity contribution is 0.0683. The number of aromatic nitrogens is 4. The molecule has 3 heterocycles. The van der Waals surface area contributed by atoms with Gasteiger partial charge in [-0.15, -0.1) is 0 Å². The summed E-state index contributed by atoms with van der Waals surface area (Å²) in [6, 6.07) is 18.0. The van der Waals surface area contributed by atoms with Crippen LogP contribution in [0.3, 0.4) is 0 Å². The number of hydrogen-bond donors (Lipinski definition) is 2. The zero-order valence-corrected chi connectivity index (χ0v) is 19.2. The van der Waals surface area contributed by atoms with Crippen molar-refractivity contribution in [1.29, 1.82) is 0 Å². The summed E-state index contributed by atoms with van der Waals surface area (Å²) < 4.78 is 3.53. The zero-order valence-electron chi connectivity index (χ0n) is 19.2. The number of nitrogens with zero attached hydrogens (tertiary/aromatic N) is 4. The number of para-hydroxylation sites is 1. The Morgan fingerprint density at radius 2 is 1.74 bits per heavy atom. The minimum absolute atomic E-state index is 0.0997. The van der Waals surface area contributed by atoms with Gasteiger partial charge < -0.3 is 14.8 Å². The molecular weight excluding hydrogens is 444 g/mol. The highest BCUT2D eigenvalue weighted by atomic mass is 16.4. The Morgan fingerprint density at radius 1 is 0.943 bits per heavy atom. The molecule has 35 heavy (non-hydrogen) atoms. The first kappa shape index (κ1) is 22.3. The standard InChI is InChI=1S/C27H24N4O4/c1-2-3-12-21-28-20-11-7-10-19(26(32)33)24(20)31(21)16-17-13-14-30-22(15-17)29-23(25(30)27(34)35)18-8-5-4-6-9-18/h4-11,13-15H,2-3,12,16H2,1H3,(H,32,33)(H,34,35). The lowest BCUT2D eigenvalue weighted by Gasteiger charge is -2.11. The van der Waals surface area contributed by atoms with Gasteiger partial charge in [0.25, 0.3) is 0 Å². The number of fused-ring (bicyclic) bond motifs is 2. The number of aromatic carboxylic acids is 2. The van der Waals surface area contributed by atoms with E-state index in [1.165, 1.54) is 0 Å². The Kier molecular flexibility index (Phi) is 5.78. The normalized spacial score (nSPS) is 11.3. The summed E-state index contributed by atoms with van der Waals surface area (Å²) in [6.07, 6.45) is 4.37. The fraction of sp³-hybridized carbons (Fsp3) is 0.185. The molecule has 0 unspecified atom stereocenters. The fourth-order valence-electron chi connectivity index (χ4n) is 4.47. The molecule has 0 bridgehead atoms. The summed E-state index contributed by atoms with van der Waals surface area (Å²) >= 11 is 0. The van der Waals surface area contributed by atoms with Gasteiger partial charge in [-0.1, -0.05) is 49.7 Å². The van der Waals surface area contributed by atoms with Gasteiger partial charge in [0.2, 0.25) is 0 Å². The third kappa shape index (κ3) is 4.03. The molecule has 0 amide bonds. The van der Waals surface area contributed by atoms with Crippen molar-refractivity contribution in [3.8, 4) is 11.3 Å². The van der Waals surface area contributed by atoms with Crippen LogP contribution in [0.15, 0.2) is 66.9 Å². The van der Waals surface area contributed by atoms with Gasteiger partial charge in [0.15, 0.2) is 5.69 Å². The van der Waals surface area contributed by atoms with Gasteiger partial charge in [-0.25, -0.2) is 19.6 Å². The Hall–Kier alpha value is -4.46. The maximum atomic E-state index is 12.1. The van der Waals surface area contributed by atoms with Crippen LogP contribution in [0.4, 0.5) is 0 Å². The van der Waals surface area contributed by atoms with Crippen molar-refractivity contribution in [3.05, 3.63) is 89.5 Å². The van der Waals surface area contributed by atoms with Crippen LogP contribution in [0.1, 0.15) is 52.0 Å². The van der Waals surface area contributed by atoms with E-state index in [-0.39, 0.29) is 11.3 Å². The van der Waals surface area contributed by atoms with Gasteiger partial charge in [0, 0.05) is 24.7 Å². The SMILES string of the molecule is CCCCc1nc2cccc(C(=O)O)c2n1Cc1ccn2c(C(=O)O)c(-c3ccccc3)nc2c1. The highest BCUT2D eigenvalue weighted by Gasteiger charge is 2.21. The summed E-state index contributed by atoms with van der Waals surface area (Å²) in [4.78, 5) is 33.4. The molecule has 0 saturated heterocycles. The summed E-state index contributed by atoms with van der Waals surface area (Å²) in [5.41, 5.74) is 4.06. The second-order valence-corrected chi connectivity index (χ2v) is 8.44. The average Bonchev–Trinajstić information content (AvgIpc) is 3.41. The molecular formula is C27H24N4O4. The maximum Gasteiger partial charge on any atom is 0.355 e. The second-order valence-electron chi connectivity index (χ2n) is 8.44. The number of imidazole rings is 2. The lowest BCUT2D eigenvalue weighted by Crippen LogP contribution is -2.09. The number of unbranched alkanes of at least 4 members (excludes halogenated alkanes) is 1. The number of benzene rings is 2. The molecule has 0 aliphatic heterocycles. The summed E-state index contributed by atoms with van der Waals surface area (Å²) in [5, 5.41) is 19.7. The van der Waals surface area contributed by atoms with Crippen LogP contribution >= 0.6 is 0 Å². The van der Waals surface area contributed by atoms with Crippen LogP contribution in [-0.2, 0) is 13.0 Å². The molecule has 176 valence electrons. The van der Waals surface area contributed by atoms with Crippen LogP contribution in [-0.4, -0.2) is 41.1 Å². The molecule has 0 aliphatic carbocycles. The molecule has 2 N–H and O–H groups in total. The van der Waals surface area contributed by atoms with Crippen molar-refractivity contribution in [2.75, 3.05) is 0 Å². The number of hydrogen-bond acceptors (Lipinski definition) is 4. The quantitative estimate of drug-likeness (QED) is 0.326. The van der Waals surface area contributed by atoms with E-state index in [0.717, 1.165) is 36.2 Å². The van der Waals surface area contributed by atoms with Crippen LogP contribution < -0.4 is 0 Å². The topological polar surface area (TPSA) is 110 Å². The summed E-state index contributed by atoms with van der Waals surface area (Å²) in [7, 11) is 0. The number of rotatable bonds is 8. The lowest BCUT2D eigenvalue weighted by atomic mass is 10.1. The van der Waals surface area contributed by atoms with E-state index in [0.29, 0.717) is 28.9 Å². The van der Waals surface area contributed by atoms with E-state index < -0.39 is 11.9 Å². The van der Waals surface area contributed by atoms with Crippen LogP contribution in [0, 0.1) is 0 Å². The third-order valence-electron chi connectivity index (χ3n) is 6.11. The predicted molar refractivity (Wildman–Crippen MR) is 132 cm³/mol. The smallest absolute Gasteiger partial charge is 0.355 e. The molecule has 0 fully saturated rings. The Balaban J connectivity index is 1.64. The average molecular weight is 469 g/mol. The van der Waals surface area contributed by atoms with Crippen molar-refractivity contribution in [2.45, 2.75) is 32.7 Å². The van der Waals surface area contributed by atoms with Crippen molar-refractivity contribution >= 4 is 28.6 Å². The number of aryl methyl sites for hydroxylation is 1. The van der Waals surface area contributed by atoms with E-state index >= 15 is 0 Å². The number of carbonyl (C=O) groups is 2. The molecule has 0 atom stereocenters. The fourth-order valence-corrected chi connectivity index (χ4v) is 4.47. The van der Waals surface area contributed by atoms with Gasteiger partial charge in [0.05, 0.1) is 16.6 Å². The van der Waals surface area contributed by atoms with Gasteiger partial charge in [-0.3, -0.25) is 4.40 Å². The van der Waals surface area contributed by atoms with Gasteiger partial charge in [-0.05, 0) is 36.2 Å². The second kappa shape index (κ2) is 9.06. The van der Waals surface area contributed by atoms with Crippen molar-refractivity contribution < 1.29 is 19.8 Å². The van der Waals surface area contributed by atoms with Gasteiger partial charge in [0.1, 0.15) is 17.2 Å². The van der Waals surface area contributed by atoms with Crippen LogP contribution in [0.5, 0.6) is 0 Å². The molecule has 3 aromatic heterocycles. The summed E-state index contributed by atoms with van der Waals surface area (Å²) in [6.45, 7) is 2.50. The highest BCUT2D eigenvalue weighted by Crippen LogP contribution is 2.27. The van der Waals surface area contributed by atoms with Crippen molar-refractivity contribution in [3.63, 3.8) is 0 Å². The zero-order chi connectivity index (χ0) is 24.5. The van der Waals surface area contributed by atoms with E-state index in [9.17, 15) is 19.8 Å². The highest BCUT2D eigenvalue weighted by molar-refractivity contribution is 6.01. The minimum Gasteiger partial charge on any atom is -0.478 e. The van der Waals surface area contributed by atoms with Crippen molar-refractivity contribution in [2.24, 2.45) is 0 Å². The maximum absolute atomic E-state index is 12.1. The third-order valence-corrected chi connectivity index (χ3v) is 6.11. The summed E-state index contributed by atoms with van der Waals surface area (Å²) in [5.74, 6) is -1.23.